The van der Waals surface area contributed by atoms with Crippen LogP contribution in [0.5, 0.6) is 0 Å². The number of phosphoric ester groups is 1. The summed E-state index contributed by atoms with van der Waals surface area (Å²) in [6.07, 6.45) is 101. The zero-order chi connectivity index (χ0) is 65.8. The van der Waals surface area contributed by atoms with Gasteiger partial charge >= 0.3 is 19.8 Å². The van der Waals surface area contributed by atoms with Crippen LogP contribution in [-0.4, -0.2) is 49.3 Å². The molecule has 0 aliphatic heterocycles. The van der Waals surface area contributed by atoms with E-state index in [1.54, 1.807) is 0 Å². The molecule has 10 heteroatoms. The maximum absolute atomic E-state index is 12.8. The first-order chi connectivity index (χ1) is 44.8. The Bertz CT molecular complexity index is 1680. The molecule has 91 heavy (non-hydrogen) atoms. The standard InChI is InChI=1S/C81H152NO8P/c1-3-5-7-9-11-13-15-17-19-21-23-25-27-29-31-33-35-36-37-38-39-40-41-42-44-45-47-49-51-53-55-57-59-61-63-65-67-69-71-73-80(83)87-77-79(78-89-91(85,86)88-76-75-82)90-81(84)74-72-70-68-66-64-62-60-58-56-54-52-50-48-46-43-34-32-30-28-26-24-22-20-18-16-14-12-10-8-6-4-2/h6,8,12,14,18,20,24,26,30,32,79H,3-5,7,9-11,13,15-17,19,21-23,25,27-29,31,33-78,82H2,1-2H3,(H,85,86)/b8-6-,14-12-,20-18-,26-24-,32-30-. The minimum Gasteiger partial charge on any atom is -0.462 e. The lowest BCUT2D eigenvalue weighted by Gasteiger charge is -2.19. The Hall–Kier alpha value is -2.29. The van der Waals surface area contributed by atoms with Gasteiger partial charge in [-0.05, 0) is 57.8 Å². The van der Waals surface area contributed by atoms with E-state index >= 15 is 0 Å². The van der Waals surface area contributed by atoms with Gasteiger partial charge in [-0.1, -0.05) is 402 Å². The molecule has 0 heterocycles. The molecule has 0 fully saturated rings. The van der Waals surface area contributed by atoms with Gasteiger partial charge in [0.1, 0.15) is 6.61 Å². The molecule has 9 nitrogen and oxygen atoms in total. The van der Waals surface area contributed by atoms with Crippen molar-refractivity contribution in [3.05, 3.63) is 60.8 Å². The number of allylic oxidation sites excluding steroid dienone is 10. The van der Waals surface area contributed by atoms with Crippen molar-refractivity contribution in [3.63, 3.8) is 0 Å². The van der Waals surface area contributed by atoms with Crippen molar-refractivity contribution < 1.29 is 37.6 Å². The van der Waals surface area contributed by atoms with Crippen LogP contribution in [0.4, 0.5) is 0 Å². The molecule has 0 aliphatic rings. The predicted molar refractivity (Wildman–Crippen MR) is 395 cm³/mol. The molecule has 534 valence electrons. The fourth-order valence-electron chi connectivity index (χ4n) is 12.1. The van der Waals surface area contributed by atoms with Crippen molar-refractivity contribution in [2.24, 2.45) is 5.73 Å². The second-order valence-corrected chi connectivity index (χ2v) is 28.4. The maximum atomic E-state index is 12.8. The Labute approximate surface area is 565 Å². The minimum atomic E-state index is -4.40. The van der Waals surface area contributed by atoms with Crippen molar-refractivity contribution in [2.75, 3.05) is 26.4 Å². The monoisotopic (exact) mass is 1300 g/mol. The molecule has 0 aliphatic carbocycles. The summed E-state index contributed by atoms with van der Waals surface area (Å²) in [6.45, 7) is 3.70. The fraction of sp³-hybridized carbons (Fsp3) is 0.852. The van der Waals surface area contributed by atoms with Gasteiger partial charge in [-0.3, -0.25) is 18.6 Å². The lowest BCUT2D eigenvalue weighted by molar-refractivity contribution is -0.161. The smallest absolute Gasteiger partial charge is 0.462 e. The Balaban J connectivity index is 3.75. The quantitative estimate of drug-likeness (QED) is 0.0264. The van der Waals surface area contributed by atoms with E-state index in [1.807, 2.05) is 0 Å². The number of hydrogen-bond acceptors (Lipinski definition) is 8. The summed E-state index contributed by atoms with van der Waals surface area (Å²) in [5.74, 6) is -0.808. The predicted octanol–water partition coefficient (Wildman–Crippen LogP) is 26.5. The van der Waals surface area contributed by atoms with Gasteiger partial charge in [0.05, 0.1) is 13.2 Å². The molecule has 0 radical (unpaired) electrons. The molecule has 0 aromatic carbocycles. The molecule has 3 N–H and O–H groups in total. The van der Waals surface area contributed by atoms with Crippen molar-refractivity contribution in [1.29, 1.82) is 0 Å². The molecule has 0 saturated carbocycles. The van der Waals surface area contributed by atoms with Gasteiger partial charge in [0.15, 0.2) is 6.10 Å². The first-order valence-electron chi connectivity index (χ1n) is 39.8. The third-order valence-electron chi connectivity index (χ3n) is 17.9. The molecule has 0 amide bonds. The molecule has 0 saturated heterocycles. The van der Waals surface area contributed by atoms with Crippen LogP contribution in [0.2, 0.25) is 0 Å². The van der Waals surface area contributed by atoms with Gasteiger partial charge in [-0.25, -0.2) is 4.57 Å². The fourth-order valence-corrected chi connectivity index (χ4v) is 12.8. The topological polar surface area (TPSA) is 134 Å². The van der Waals surface area contributed by atoms with Gasteiger partial charge in [0.25, 0.3) is 0 Å². The summed E-state index contributed by atoms with van der Waals surface area (Å²) in [6, 6.07) is 0. The third kappa shape index (κ3) is 76.6. The lowest BCUT2D eigenvalue weighted by Crippen LogP contribution is -2.29. The van der Waals surface area contributed by atoms with E-state index in [-0.39, 0.29) is 38.6 Å². The van der Waals surface area contributed by atoms with Crippen LogP contribution >= 0.6 is 7.82 Å². The Morgan fingerprint density at radius 2 is 0.604 bits per heavy atom. The largest absolute Gasteiger partial charge is 0.472 e. The van der Waals surface area contributed by atoms with E-state index in [4.69, 9.17) is 24.3 Å². The normalized spacial score (nSPS) is 13.1. The average Bonchev–Trinajstić information content (AvgIpc) is 3.71. The van der Waals surface area contributed by atoms with Crippen LogP contribution in [0, 0.1) is 0 Å². The van der Waals surface area contributed by atoms with Crippen LogP contribution < -0.4 is 5.73 Å². The number of nitrogens with two attached hydrogens (primary N) is 1. The first-order valence-corrected chi connectivity index (χ1v) is 41.3. The molecule has 0 spiro atoms. The zero-order valence-electron chi connectivity index (χ0n) is 60.3. The Morgan fingerprint density at radius 1 is 0.341 bits per heavy atom. The highest BCUT2D eigenvalue weighted by molar-refractivity contribution is 7.47. The zero-order valence-corrected chi connectivity index (χ0v) is 61.2. The van der Waals surface area contributed by atoms with Crippen molar-refractivity contribution in [3.8, 4) is 0 Å². The summed E-state index contributed by atoms with van der Waals surface area (Å²) < 4.78 is 33.3. The highest BCUT2D eigenvalue weighted by atomic mass is 31.2. The van der Waals surface area contributed by atoms with E-state index in [9.17, 15) is 19.0 Å². The van der Waals surface area contributed by atoms with Crippen LogP contribution in [-0.2, 0) is 32.7 Å². The van der Waals surface area contributed by atoms with Crippen molar-refractivity contribution >= 4 is 19.8 Å². The first kappa shape index (κ1) is 88.7. The summed E-state index contributed by atoms with van der Waals surface area (Å²) in [5, 5.41) is 0. The summed E-state index contributed by atoms with van der Waals surface area (Å²) in [5.41, 5.74) is 5.41. The number of unbranched alkanes of at least 4 members (excludes halogenated alkanes) is 53. The molecule has 0 bridgehead atoms. The number of hydrogen-bond donors (Lipinski definition) is 2. The van der Waals surface area contributed by atoms with Gasteiger partial charge in [0, 0.05) is 19.4 Å². The minimum absolute atomic E-state index is 0.0543. The van der Waals surface area contributed by atoms with E-state index < -0.39 is 26.5 Å². The van der Waals surface area contributed by atoms with Crippen LogP contribution in [0.3, 0.4) is 0 Å². The molecule has 2 atom stereocenters. The molecular formula is C81H152NO8P. The highest BCUT2D eigenvalue weighted by Crippen LogP contribution is 2.43. The lowest BCUT2D eigenvalue weighted by atomic mass is 10.0. The van der Waals surface area contributed by atoms with E-state index in [1.165, 1.54) is 308 Å². The van der Waals surface area contributed by atoms with Crippen LogP contribution in [0.25, 0.3) is 0 Å². The summed E-state index contributed by atoms with van der Waals surface area (Å²) in [4.78, 5) is 35.4. The number of rotatable bonds is 76. The van der Waals surface area contributed by atoms with Crippen molar-refractivity contribution in [1.82, 2.24) is 0 Å². The van der Waals surface area contributed by atoms with Crippen LogP contribution in [0.1, 0.15) is 412 Å². The molecular weight excluding hydrogens is 1150 g/mol. The molecule has 0 aromatic rings. The number of esters is 2. The Morgan fingerprint density at radius 3 is 0.901 bits per heavy atom. The van der Waals surface area contributed by atoms with Gasteiger partial charge < -0.3 is 20.1 Å². The van der Waals surface area contributed by atoms with E-state index in [2.05, 4.69) is 74.6 Å². The highest BCUT2D eigenvalue weighted by Gasteiger charge is 2.26. The van der Waals surface area contributed by atoms with E-state index in [0.29, 0.717) is 6.42 Å². The molecule has 0 rings (SSSR count). The van der Waals surface area contributed by atoms with Crippen molar-refractivity contribution in [2.45, 2.75) is 418 Å². The third-order valence-corrected chi connectivity index (χ3v) is 18.9. The van der Waals surface area contributed by atoms with Gasteiger partial charge in [-0.15, -0.1) is 0 Å². The number of carbonyl (C=O) groups excluding carboxylic acids is 2. The summed E-state index contributed by atoms with van der Waals surface area (Å²) in [7, 11) is -4.40. The molecule has 0 aromatic heterocycles. The molecule has 2 unspecified atom stereocenters. The van der Waals surface area contributed by atoms with Crippen LogP contribution in [0.15, 0.2) is 60.8 Å². The van der Waals surface area contributed by atoms with Gasteiger partial charge in [-0.2, -0.15) is 0 Å². The average molecular weight is 1300 g/mol. The number of ether oxygens (including phenoxy) is 2. The van der Waals surface area contributed by atoms with Gasteiger partial charge in [0.2, 0.25) is 0 Å². The van der Waals surface area contributed by atoms with E-state index in [0.717, 1.165) is 70.6 Å². The number of carbonyl (C=O) groups is 2. The maximum Gasteiger partial charge on any atom is 0.472 e. The summed E-state index contributed by atoms with van der Waals surface area (Å²) >= 11 is 0. The Kier molecular flexibility index (Phi) is 74.8. The SMILES string of the molecule is CC/C=C\C/C=C\C/C=C\C/C=C\C/C=C\CCCCCCCCCCCCCCCCCC(=O)OC(COC(=O)CCCCCCCCCCCCCCCCCCCCCCCCCCCCCCCCCCCCCCCCC)COP(=O)(O)OCCN. The number of phosphoric acid groups is 1. The second-order valence-electron chi connectivity index (χ2n) is 26.9. The second kappa shape index (κ2) is 76.7.